The van der Waals surface area contributed by atoms with Crippen LogP contribution in [0.5, 0.6) is 11.6 Å². The molecule has 1 aromatic heterocycles. The van der Waals surface area contributed by atoms with Crippen LogP contribution >= 0.6 is 0 Å². The lowest BCUT2D eigenvalue weighted by Gasteiger charge is -2.08. The molecule has 110 valence electrons. The Hall–Kier alpha value is -2.45. The number of aromatic nitrogens is 1. The number of sulfonamides is 1. The lowest BCUT2D eigenvalue weighted by molar-refractivity contribution is 0.0693. The van der Waals surface area contributed by atoms with Crippen molar-refractivity contribution in [1.29, 1.82) is 0 Å². The highest BCUT2D eigenvalue weighted by Gasteiger charge is 2.15. The van der Waals surface area contributed by atoms with Crippen LogP contribution in [-0.2, 0) is 10.0 Å². The van der Waals surface area contributed by atoms with E-state index in [2.05, 4.69) is 9.71 Å². The van der Waals surface area contributed by atoms with E-state index in [0.29, 0.717) is 0 Å². The van der Waals surface area contributed by atoms with Crippen molar-refractivity contribution in [3.63, 3.8) is 0 Å². The zero-order valence-corrected chi connectivity index (χ0v) is 11.8. The molecular weight excluding hydrogens is 296 g/mol. The highest BCUT2D eigenvalue weighted by Crippen LogP contribution is 2.25. The molecule has 0 fully saturated rings. The summed E-state index contributed by atoms with van der Waals surface area (Å²) in [5.74, 6) is -1.12. The molecule has 1 aromatic carbocycles. The monoisotopic (exact) mass is 308 g/mol. The maximum Gasteiger partial charge on any atom is 0.341 e. The van der Waals surface area contributed by atoms with Crippen molar-refractivity contribution in [1.82, 2.24) is 9.71 Å². The summed E-state index contributed by atoms with van der Waals surface area (Å²) in [6.45, 7) is 0. The summed E-state index contributed by atoms with van der Waals surface area (Å²) in [7, 11) is -2.31. The zero-order valence-electron chi connectivity index (χ0n) is 11.0. The molecule has 0 bridgehead atoms. The standard InChI is InChI=1S/C13H12N2O5S/c1-14-21(18,19)10-5-2-4-9(8-10)20-12-11(13(16)17)6-3-7-15-12/h2-8,14H,1H3,(H,16,17). The number of carboxylic acids is 1. The van der Waals surface area contributed by atoms with Crippen LogP contribution in [0.2, 0.25) is 0 Å². The summed E-state index contributed by atoms with van der Waals surface area (Å²) in [6, 6.07) is 8.50. The van der Waals surface area contributed by atoms with E-state index in [9.17, 15) is 13.2 Å². The number of rotatable bonds is 5. The summed E-state index contributed by atoms with van der Waals surface area (Å²) < 4.78 is 31.0. The van der Waals surface area contributed by atoms with Crippen LogP contribution in [0, 0.1) is 0 Å². The molecule has 0 aliphatic heterocycles. The second kappa shape index (κ2) is 5.90. The fraction of sp³-hybridized carbons (Fsp3) is 0.0769. The average molecular weight is 308 g/mol. The third-order valence-corrected chi connectivity index (χ3v) is 4.01. The molecule has 0 atom stereocenters. The van der Waals surface area contributed by atoms with Gasteiger partial charge in [-0.1, -0.05) is 6.07 Å². The predicted octanol–water partition coefficient (Wildman–Crippen LogP) is 1.48. The van der Waals surface area contributed by atoms with Crippen LogP contribution in [0.15, 0.2) is 47.5 Å². The lowest BCUT2D eigenvalue weighted by atomic mass is 10.3. The van der Waals surface area contributed by atoms with Gasteiger partial charge in [0.15, 0.2) is 0 Å². The van der Waals surface area contributed by atoms with Gasteiger partial charge in [-0.2, -0.15) is 0 Å². The lowest BCUT2D eigenvalue weighted by Crippen LogP contribution is -2.18. The first kappa shape index (κ1) is 14.9. The van der Waals surface area contributed by atoms with E-state index in [-0.39, 0.29) is 22.1 Å². The number of hydrogen-bond acceptors (Lipinski definition) is 5. The van der Waals surface area contributed by atoms with Crippen molar-refractivity contribution in [3.05, 3.63) is 48.2 Å². The van der Waals surface area contributed by atoms with Crippen molar-refractivity contribution >= 4 is 16.0 Å². The topological polar surface area (TPSA) is 106 Å². The Bertz CT molecular complexity index is 774. The van der Waals surface area contributed by atoms with Crippen LogP contribution < -0.4 is 9.46 Å². The van der Waals surface area contributed by atoms with Gasteiger partial charge in [-0.25, -0.2) is 22.9 Å². The van der Waals surface area contributed by atoms with Crippen LogP contribution in [0.25, 0.3) is 0 Å². The molecule has 0 saturated heterocycles. The molecule has 0 aliphatic carbocycles. The summed E-state index contributed by atoms with van der Waals surface area (Å²) >= 11 is 0. The fourth-order valence-electron chi connectivity index (χ4n) is 1.57. The Morgan fingerprint density at radius 2 is 2.05 bits per heavy atom. The molecule has 2 rings (SSSR count). The van der Waals surface area contributed by atoms with Gasteiger partial charge < -0.3 is 9.84 Å². The van der Waals surface area contributed by atoms with E-state index in [1.54, 1.807) is 0 Å². The molecule has 8 heteroatoms. The number of aromatic carboxylic acids is 1. The zero-order chi connectivity index (χ0) is 15.5. The Morgan fingerprint density at radius 1 is 1.29 bits per heavy atom. The highest BCUT2D eigenvalue weighted by atomic mass is 32.2. The normalized spacial score (nSPS) is 11.1. The molecule has 0 amide bonds. The molecule has 2 N–H and O–H groups in total. The summed E-state index contributed by atoms with van der Waals surface area (Å²) in [5.41, 5.74) is -0.112. The highest BCUT2D eigenvalue weighted by molar-refractivity contribution is 7.89. The van der Waals surface area contributed by atoms with Crippen molar-refractivity contribution in [2.75, 3.05) is 7.05 Å². The first-order valence-electron chi connectivity index (χ1n) is 5.84. The Morgan fingerprint density at radius 3 is 2.71 bits per heavy atom. The molecule has 0 saturated carbocycles. The molecule has 21 heavy (non-hydrogen) atoms. The minimum absolute atomic E-state index is 0.00954. The SMILES string of the molecule is CNS(=O)(=O)c1cccc(Oc2ncccc2C(=O)O)c1. The molecule has 0 radical (unpaired) electrons. The smallest absolute Gasteiger partial charge is 0.341 e. The van der Waals surface area contributed by atoms with Gasteiger partial charge in [0.1, 0.15) is 11.3 Å². The van der Waals surface area contributed by atoms with Crippen molar-refractivity contribution in [3.8, 4) is 11.6 Å². The maximum atomic E-state index is 11.7. The Balaban J connectivity index is 2.38. The van der Waals surface area contributed by atoms with E-state index in [1.807, 2.05) is 0 Å². The molecule has 0 aliphatic rings. The van der Waals surface area contributed by atoms with Crippen molar-refractivity contribution in [2.45, 2.75) is 4.90 Å². The van der Waals surface area contributed by atoms with Gasteiger partial charge in [-0.15, -0.1) is 0 Å². The van der Waals surface area contributed by atoms with E-state index >= 15 is 0 Å². The summed E-state index contributed by atoms with van der Waals surface area (Å²) in [5, 5.41) is 9.04. The molecule has 7 nitrogen and oxygen atoms in total. The number of carboxylic acid groups (broad SMARTS) is 1. The number of benzene rings is 1. The van der Waals surface area contributed by atoms with Gasteiger partial charge in [-0.05, 0) is 31.3 Å². The van der Waals surface area contributed by atoms with E-state index in [1.165, 1.54) is 49.6 Å². The summed E-state index contributed by atoms with van der Waals surface area (Å²) in [4.78, 5) is 14.9. The van der Waals surface area contributed by atoms with Crippen LogP contribution in [0.4, 0.5) is 0 Å². The number of pyridine rings is 1. The van der Waals surface area contributed by atoms with Gasteiger partial charge in [0.05, 0.1) is 4.90 Å². The minimum Gasteiger partial charge on any atom is -0.477 e. The van der Waals surface area contributed by atoms with Crippen LogP contribution in [0.1, 0.15) is 10.4 Å². The largest absolute Gasteiger partial charge is 0.477 e. The number of carbonyl (C=O) groups is 1. The van der Waals surface area contributed by atoms with Gasteiger partial charge in [0, 0.05) is 12.3 Å². The fourth-order valence-corrected chi connectivity index (χ4v) is 2.33. The van der Waals surface area contributed by atoms with Gasteiger partial charge in [0.25, 0.3) is 0 Å². The number of nitrogens with one attached hydrogen (secondary N) is 1. The van der Waals surface area contributed by atoms with E-state index < -0.39 is 16.0 Å². The molecule has 0 unspecified atom stereocenters. The average Bonchev–Trinajstić information content (AvgIpc) is 2.48. The first-order chi connectivity index (χ1) is 9.94. The van der Waals surface area contributed by atoms with Gasteiger partial charge >= 0.3 is 5.97 Å². The minimum atomic E-state index is -3.61. The Labute approximate surface area is 121 Å². The number of hydrogen-bond donors (Lipinski definition) is 2. The van der Waals surface area contributed by atoms with Gasteiger partial charge in [-0.3, -0.25) is 0 Å². The molecule has 1 heterocycles. The van der Waals surface area contributed by atoms with Crippen LogP contribution in [-0.4, -0.2) is 31.5 Å². The second-order valence-corrected chi connectivity index (χ2v) is 5.83. The van der Waals surface area contributed by atoms with Crippen molar-refractivity contribution < 1.29 is 23.1 Å². The number of ether oxygens (including phenoxy) is 1. The summed E-state index contributed by atoms with van der Waals surface area (Å²) in [6.07, 6.45) is 1.38. The molecule has 2 aromatic rings. The van der Waals surface area contributed by atoms with Gasteiger partial charge in [0.2, 0.25) is 15.9 Å². The van der Waals surface area contributed by atoms with E-state index in [0.717, 1.165) is 0 Å². The van der Waals surface area contributed by atoms with Crippen molar-refractivity contribution in [2.24, 2.45) is 0 Å². The molecule has 0 spiro atoms. The Kier molecular flexibility index (Phi) is 4.20. The third-order valence-electron chi connectivity index (χ3n) is 2.60. The first-order valence-corrected chi connectivity index (χ1v) is 7.32. The van der Waals surface area contributed by atoms with Crippen LogP contribution in [0.3, 0.4) is 0 Å². The maximum absolute atomic E-state index is 11.7. The second-order valence-electron chi connectivity index (χ2n) is 3.95. The predicted molar refractivity (Wildman–Crippen MR) is 74.0 cm³/mol. The molecular formula is C13H12N2O5S. The van der Waals surface area contributed by atoms with E-state index in [4.69, 9.17) is 9.84 Å². The third kappa shape index (κ3) is 3.36. The quantitative estimate of drug-likeness (QED) is 0.866. The number of nitrogens with zero attached hydrogens (tertiary/aromatic N) is 1.